The summed E-state index contributed by atoms with van der Waals surface area (Å²) >= 11 is 1.50. The van der Waals surface area contributed by atoms with Crippen LogP contribution < -0.4 is 15.5 Å². The van der Waals surface area contributed by atoms with Crippen LogP contribution in [-0.4, -0.2) is 35.3 Å². The zero-order valence-electron chi connectivity index (χ0n) is 21.4. The fraction of sp³-hybridized carbons (Fsp3) is 0.0938. The maximum absolute atomic E-state index is 14.3. The second-order valence-electron chi connectivity index (χ2n) is 9.48. The number of aromatic amines is 1. The molecule has 1 aliphatic rings. The molecule has 1 aliphatic heterocycles. The second kappa shape index (κ2) is 11.1. The van der Waals surface area contributed by atoms with Crippen molar-refractivity contribution >= 4 is 51.8 Å². The zero-order valence-corrected chi connectivity index (χ0v) is 22.2. The van der Waals surface area contributed by atoms with Gasteiger partial charge >= 0.3 is 0 Å². The lowest BCUT2D eigenvalue weighted by Gasteiger charge is -2.28. The summed E-state index contributed by atoms with van der Waals surface area (Å²) in [5.74, 6) is -1.09. The SMILES string of the molecule is O=C(CN1C(=O)[C@@H](NC(=O)c2cc3ccccc3[nH]2)[C@@H](c2ccccc2)Sc2ccccc21)Nc1ccccc1. The van der Waals surface area contributed by atoms with Gasteiger partial charge in [0, 0.05) is 21.5 Å². The summed E-state index contributed by atoms with van der Waals surface area (Å²) in [4.78, 5) is 46.5. The lowest BCUT2D eigenvalue weighted by atomic mass is 10.0. The predicted molar refractivity (Wildman–Crippen MR) is 158 cm³/mol. The van der Waals surface area contributed by atoms with Gasteiger partial charge in [-0.15, -0.1) is 11.8 Å². The van der Waals surface area contributed by atoms with Gasteiger partial charge in [0.1, 0.15) is 18.3 Å². The molecule has 40 heavy (non-hydrogen) atoms. The molecular formula is C32H26N4O3S. The molecule has 8 heteroatoms. The molecule has 3 amide bonds. The van der Waals surface area contributed by atoms with Crippen LogP contribution in [0.1, 0.15) is 21.3 Å². The average molecular weight is 547 g/mol. The molecule has 7 nitrogen and oxygen atoms in total. The quantitative estimate of drug-likeness (QED) is 0.252. The number of aromatic nitrogens is 1. The molecule has 198 valence electrons. The van der Waals surface area contributed by atoms with Crippen molar-refractivity contribution in [3.63, 3.8) is 0 Å². The number of carbonyl (C=O) groups is 3. The number of carbonyl (C=O) groups excluding carboxylic acids is 3. The van der Waals surface area contributed by atoms with E-state index in [9.17, 15) is 14.4 Å². The van der Waals surface area contributed by atoms with Crippen molar-refractivity contribution in [1.29, 1.82) is 0 Å². The molecule has 0 bridgehead atoms. The van der Waals surface area contributed by atoms with E-state index >= 15 is 0 Å². The van der Waals surface area contributed by atoms with Crippen LogP contribution in [0.2, 0.25) is 0 Å². The summed E-state index contributed by atoms with van der Waals surface area (Å²) in [6.07, 6.45) is 0. The zero-order chi connectivity index (χ0) is 27.5. The Balaban J connectivity index is 1.37. The first-order chi connectivity index (χ1) is 19.6. The van der Waals surface area contributed by atoms with Gasteiger partial charge in [0.2, 0.25) is 5.91 Å². The Hall–Kier alpha value is -4.82. The number of anilines is 2. The first-order valence-electron chi connectivity index (χ1n) is 12.9. The number of hydrogen-bond acceptors (Lipinski definition) is 4. The third-order valence-corrected chi connectivity index (χ3v) is 8.19. The molecule has 2 atom stereocenters. The highest BCUT2D eigenvalue weighted by molar-refractivity contribution is 7.99. The van der Waals surface area contributed by atoms with Crippen molar-refractivity contribution in [2.24, 2.45) is 0 Å². The minimum absolute atomic E-state index is 0.203. The van der Waals surface area contributed by atoms with Crippen molar-refractivity contribution < 1.29 is 14.4 Å². The van der Waals surface area contributed by atoms with E-state index in [1.54, 1.807) is 18.2 Å². The smallest absolute Gasteiger partial charge is 0.268 e. The lowest BCUT2D eigenvalue weighted by molar-refractivity contribution is -0.123. The molecule has 0 saturated heterocycles. The molecule has 0 fully saturated rings. The van der Waals surface area contributed by atoms with Crippen molar-refractivity contribution in [2.45, 2.75) is 16.2 Å². The number of nitrogens with zero attached hydrogens (tertiary/aromatic N) is 1. The number of para-hydroxylation sites is 3. The highest BCUT2D eigenvalue weighted by atomic mass is 32.2. The van der Waals surface area contributed by atoms with Gasteiger partial charge in [0.25, 0.3) is 11.8 Å². The van der Waals surface area contributed by atoms with E-state index in [2.05, 4.69) is 15.6 Å². The number of benzene rings is 4. The Morgan fingerprint density at radius 1 is 0.825 bits per heavy atom. The molecule has 0 radical (unpaired) electrons. The number of fused-ring (bicyclic) bond motifs is 2. The van der Waals surface area contributed by atoms with E-state index in [1.807, 2.05) is 97.1 Å². The van der Waals surface area contributed by atoms with Crippen LogP contribution in [0.3, 0.4) is 0 Å². The van der Waals surface area contributed by atoms with Crippen LogP contribution in [0.25, 0.3) is 10.9 Å². The maximum Gasteiger partial charge on any atom is 0.268 e. The number of thioether (sulfide) groups is 1. The van der Waals surface area contributed by atoms with Crippen molar-refractivity contribution in [3.8, 4) is 0 Å². The standard InChI is InChI=1S/C32H26N4O3S/c37-28(33-23-14-5-2-6-15-23)20-36-26-17-9-10-18-27(26)40-30(21-11-3-1-4-12-21)29(32(36)39)35-31(38)25-19-22-13-7-8-16-24(22)34-25/h1-19,29-30,34H,20H2,(H,33,37)(H,35,38)/t29-,30+/m0/s1. The van der Waals surface area contributed by atoms with E-state index in [0.29, 0.717) is 17.1 Å². The first kappa shape index (κ1) is 25.5. The molecule has 5 aromatic rings. The number of hydrogen-bond donors (Lipinski definition) is 3. The van der Waals surface area contributed by atoms with E-state index in [1.165, 1.54) is 16.7 Å². The molecule has 0 aliphatic carbocycles. The number of amides is 3. The van der Waals surface area contributed by atoms with Gasteiger partial charge in [0.15, 0.2) is 0 Å². The summed E-state index contributed by atoms with van der Waals surface area (Å²) < 4.78 is 0. The van der Waals surface area contributed by atoms with Crippen LogP contribution in [0.5, 0.6) is 0 Å². The lowest BCUT2D eigenvalue weighted by Crippen LogP contribution is -2.52. The van der Waals surface area contributed by atoms with Crippen LogP contribution in [0, 0.1) is 0 Å². The summed E-state index contributed by atoms with van der Waals surface area (Å²) in [7, 11) is 0. The predicted octanol–water partition coefficient (Wildman–Crippen LogP) is 5.79. The van der Waals surface area contributed by atoms with Gasteiger partial charge in [-0.3, -0.25) is 14.4 Å². The summed E-state index contributed by atoms with van der Waals surface area (Å²) in [5, 5.41) is 6.35. The Bertz CT molecular complexity index is 1650. The topological polar surface area (TPSA) is 94.3 Å². The van der Waals surface area contributed by atoms with Crippen molar-refractivity contribution in [1.82, 2.24) is 10.3 Å². The third-order valence-electron chi connectivity index (χ3n) is 6.79. The van der Waals surface area contributed by atoms with Gasteiger partial charge in [0.05, 0.1) is 10.9 Å². The highest BCUT2D eigenvalue weighted by Gasteiger charge is 2.40. The fourth-order valence-corrected chi connectivity index (χ4v) is 6.23. The summed E-state index contributed by atoms with van der Waals surface area (Å²) in [6.45, 7) is -0.203. The maximum atomic E-state index is 14.3. The van der Waals surface area contributed by atoms with Crippen LogP contribution in [0.15, 0.2) is 120 Å². The molecular weight excluding hydrogens is 520 g/mol. The van der Waals surface area contributed by atoms with Crippen molar-refractivity contribution in [2.75, 3.05) is 16.8 Å². The van der Waals surface area contributed by atoms with Gasteiger partial charge in [-0.25, -0.2) is 0 Å². The van der Waals surface area contributed by atoms with Crippen LogP contribution in [0.4, 0.5) is 11.4 Å². The Morgan fingerprint density at radius 2 is 1.50 bits per heavy atom. The van der Waals surface area contributed by atoms with E-state index in [-0.39, 0.29) is 18.4 Å². The molecule has 0 spiro atoms. The number of nitrogens with one attached hydrogen (secondary N) is 3. The van der Waals surface area contributed by atoms with Gasteiger partial charge in [-0.1, -0.05) is 78.9 Å². The third kappa shape index (κ3) is 5.21. The van der Waals surface area contributed by atoms with E-state index < -0.39 is 17.2 Å². The van der Waals surface area contributed by atoms with Gasteiger partial charge in [-0.05, 0) is 42.0 Å². The van der Waals surface area contributed by atoms with Crippen LogP contribution >= 0.6 is 11.8 Å². The summed E-state index contributed by atoms with van der Waals surface area (Å²) in [6, 6.07) is 34.7. The highest BCUT2D eigenvalue weighted by Crippen LogP contribution is 2.45. The van der Waals surface area contributed by atoms with Crippen LogP contribution in [-0.2, 0) is 9.59 Å². The molecule has 4 aromatic carbocycles. The second-order valence-corrected chi connectivity index (χ2v) is 10.7. The average Bonchev–Trinajstić information content (AvgIpc) is 3.39. The number of rotatable bonds is 6. The Morgan fingerprint density at radius 3 is 2.27 bits per heavy atom. The molecule has 1 aromatic heterocycles. The Kier molecular flexibility index (Phi) is 7.08. The molecule has 6 rings (SSSR count). The molecule has 2 heterocycles. The molecule has 0 unspecified atom stereocenters. The molecule has 0 saturated carbocycles. The van der Waals surface area contributed by atoms with E-state index in [0.717, 1.165) is 21.4 Å². The minimum atomic E-state index is -0.941. The van der Waals surface area contributed by atoms with Crippen molar-refractivity contribution in [3.05, 3.63) is 127 Å². The summed E-state index contributed by atoms with van der Waals surface area (Å²) in [5.41, 5.74) is 3.36. The first-order valence-corrected chi connectivity index (χ1v) is 13.8. The van der Waals surface area contributed by atoms with E-state index in [4.69, 9.17) is 0 Å². The number of H-pyrrole nitrogens is 1. The monoisotopic (exact) mass is 546 g/mol. The van der Waals surface area contributed by atoms with Gasteiger partial charge in [-0.2, -0.15) is 0 Å². The normalized spacial score (nSPS) is 16.7. The van der Waals surface area contributed by atoms with Gasteiger partial charge < -0.3 is 20.5 Å². The molecule has 3 N–H and O–H groups in total. The minimum Gasteiger partial charge on any atom is -0.351 e. The fourth-order valence-electron chi connectivity index (χ4n) is 4.88. The largest absolute Gasteiger partial charge is 0.351 e. The Labute approximate surface area is 235 Å².